The molecule has 0 radical (unpaired) electrons. The zero-order valence-corrected chi connectivity index (χ0v) is 19.6. The van der Waals surface area contributed by atoms with Gasteiger partial charge >= 0.3 is 0 Å². The van der Waals surface area contributed by atoms with E-state index in [9.17, 15) is 9.59 Å². The van der Waals surface area contributed by atoms with Gasteiger partial charge in [-0.15, -0.1) is 0 Å². The van der Waals surface area contributed by atoms with Gasteiger partial charge in [0.05, 0.1) is 6.61 Å². The van der Waals surface area contributed by atoms with Gasteiger partial charge < -0.3 is 19.9 Å². The van der Waals surface area contributed by atoms with E-state index in [1.165, 1.54) is 11.1 Å². The molecule has 176 valence electrons. The Morgan fingerprint density at radius 3 is 2.72 bits per heavy atom. The van der Waals surface area contributed by atoms with Crippen LogP contribution in [0.1, 0.15) is 36.8 Å². The van der Waals surface area contributed by atoms with Gasteiger partial charge in [0.15, 0.2) is 0 Å². The number of hydrogen-bond donors (Lipinski definition) is 1. The molecule has 32 heavy (non-hydrogen) atoms. The van der Waals surface area contributed by atoms with Gasteiger partial charge in [0.2, 0.25) is 11.8 Å². The van der Waals surface area contributed by atoms with Crippen molar-refractivity contribution in [2.75, 3.05) is 53.0 Å². The molecular formula is C25H38N4O3. The summed E-state index contributed by atoms with van der Waals surface area (Å²) in [6, 6.07) is 8.27. The summed E-state index contributed by atoms with van der Waals surface area (Å²) in [6.45, 7) is 8.27. The average molecular weight is 443 g/mol. The molecule has 0 bridgehead atoms. The quantitative estimate of drug-likeness (QED) is 0.663. The van der Waals surface area contributed by atoms with Crippen LogP contribution in [0.15, 0.2) is 24.3 Å². The number of amides is 2. The summed E-state index contributed by atoms with van der Waals surface area (Å²) in [5.41, 5.74) is 2.56. The summed E-state index contributed by atoms with van der Waals surface area (Å²) in [7, 11) is 1.73. The molecule has 2 aliphatic heterocycles. The molecule has 7 nitrogen and oxygen atoms in total. The van der Waals surface area contributed by atoms with Crippen LogP contribution in [-0.2, 0) is 20.9 Å². The van der Waals surface area contributed by atoms with Gasteiger partial charge in [0.1, 0.15) is 6.04 Å². The van der Waals surface area contributed by atoms with Crippen molar-refractivity contribution in [3.63, 3.8) is 0 Å². The highest BCUT2D eigenvalue weighted by Gasteiger charge is 2.46. The van der Waals surface area contributed by atoms with E-state index in [2.05, 4.69) is 41.4 Å². The molecule has 1 aromatic rings. The van der Waals surface area contributed by atoms with Crippen LogP contribution in [0.3, 0.4) is 0 Å². The Kier molecular flexibility index (Phi) is 7.81. The predicted molar refractivity (Wildman–Crippen MR) is 124 cm³/mol. The highest BCUT2D eigenvalue weighted by atomic mass is 16.5. The van der Waals surface area contributed by atoms with Crippen LogP contribution in [0.4, 0.5) is 0 Å². The molecular weight excluding hydrogens is 404 g/mol. The molecule has 1 N–H and O–H groups in total. The first-order valence-electron chi connectivity index (χ1n) is 12.2. The molecule has 3 fully saturated rings. The number of nitrogens with zero attached hydrogens (tertiary/aromatic N) is 3. The number of methoxy groups -OCH3 is 1. The Bertz CT molecular complexity index is 789. The second kappa shape index (κ2) is 10.8. The van der Waals surface area contributed by atoms with Gasteiger partial charge in [0, 0.05) is 58.3 Å². The third-order valence-corrected chi connectivity index (χ3v) is 7.16. The van der Waals surface area contributed by atoms with E-state index in [0.29, 0.717) is 19.6 Å². The minimum atomic E-state index is -0.340. The van der Waals surface area contributed by atoms with Crippen LogP contribution in [0.5, 0.6) is 0 Å². The third kappa shape index (κ3) is 5.50. The van der Waals surface area contributed by atoms with Crippen LogP contribution in [0, 0.1) is 12.8 Å². The Morgan fingerprint density at radius 1 is 1.16 bits per heavy atom. The van der Waals surface area contributed by atoms with Gasteiger partial charge in [-0.3, -0.25) is 14.5 Å². The molecule has 3 aliphatic rings. The fraction of sp³-hybridized carbons (Fsp3) is 0.680. The molecule has 0 aromatic heterocycles. The summed E-state index contributed by atoms with van der Waals surface area (Å²) in [5, 5.41) is 3.37. The number of rotatable bonds is 8. The maximum absolute atomic E-state index is 13.6. The van der Waals surface area contributed by atoms with E-state index >= 15 is 0 Å². The number of benzene rings is 1. The molecule has 2 heterocycles. The molecule has 1 aromatic carbocycles. The van der Waals surface area contributed by atoms with Crippen molar-refractivity contribution in [1.82, 2.24) is 20.0 Å². The molecule has 1 saturated carbocycles. The number of nitrogens with one attached hydrogen (secondary N) is 1. The normalized spacial score (nSPS) is 24.1. The summed E-state index contributed by atoms with van der Waals surface area (Å²) >= 11 is 0. The van der Waals surface area contributed by atoms with Crippen LogP contribution in [0.2, 0.25) is 0 Å². The number of ether oxygens (including phenoxy) is 1. The van der Waals surface area contributed by atoms with Crippen molar-refractivity contribution in [2.45, 2.75) is 51.2 Å². The number of hydrogen-bond acceptors (Lipinski definition) is 5. The van der Waals surface area contributed by atoms with Gasteiger partial charge in [-0.05, 0) is 50.3 Å². The third-order valence-electron chi connectivity index (χ3n) is 7.16. The number of aryl methyl sites for hydroxylation is 1. The highest BCUT2D eigenvalue weighted by Crippen LogP contribution is 2.35. The van der Waals surface area contributed by atoms with Crippen molar-refractivity contribution in [3.05, 3.63) is 35.4 Å². The fourth-order valence-corrected chi connectivity index (χ4v) is 5.00. The minimum Gasteiger partial charge on any atom is -0.383 e. The van der Waals surface area contributed by atoms with E-state index < -0.39 is 0 Å². The molecule has 2 unspecified atom stereocenters. The topological polar surface area (TPSA) is 65.1 Å². The Labute approximate surface area is 192 Å². The molecule has 1 aliphatic carbocycles. The lowest BCUT2D eigenvalue weighted by Crippen LogP contribution is -2.49. The van der Waals surface area contributed by atoms with E-state index in [1.807, 2.05) is 9.80 Å². The predicted octanol–water partition coefficient (Wildman–Crippen LogP) is 1.64. The second-order valence-corrected chi connectivity index (χ2v) is 9.49. The van der Waals surface area contributed by atoms with Crippen molar-refractivity contribution in [1.29, 1.82) is 0 Å². The van der Waals surface area contributed by atoms with Gasteiger partial charge in [-0.25, -0.2) is 0 Å². The van der Waals surface area contributed by atoms with Crippen molar-refractivity contribution in [2.24, 2.45) is 5.92 Å². The lowest BCUT2D eigenvalue weighted by molar-refractivity contribution is -0.144. The zero-order chi connectivity index (χ0) is 22.5. The smallest absolute Gasteiger partial charge is 0.245 e. The van der Waals surface area contributed by atoms with E-state index in [-0.39, 0.29) is 29.8 Å². The first kappa shape index (κ1) is 23.2. The first-order chi connectivity index (χ1) is 15.6. The summed E-state index contributed by atoms with van der Waals surface area (Å²) < 4.78 is 5.40. The first-order valence-corrected chi connectivity index (χ1v) is 12.2. The van der Waals surface area contributed by atoms with Gasteiger partial charge in [0.25, 0.3) is 0 Å². The summed E-state index contributed by atoms with van der Waals surface area (Å²) in [5.74, 6) is 0.438. The number of likely N-dealkylation sites (tertiary alicyclic amines) is 1. The molecule has 7 heteroatoms. The van der Waals surface area contributed by atoms with Crippen LogP contribution >= 0.6 is 0 Å². The lowest BCUT2D eigenvalue weighted by atomic mass is 10.1. The molecule has 0 spiro atoms. The zero-order valence-electron chi connectivity index (χ0n) is 19.6. The van der Waals surface area contributed by atoms with Crippen molar-refractivity contribution in [3.8, 4) is 0 Å². The molecule has 2 saturated heterocycles. The minimum absolute atomic E-state index is 0.124. The van der Waals surface area contributed by atoms with E-state index in [1.54, 1.807) is 7.11 Å². The summed E-state index contributed by atoms with van der Waals surface area (Å²) in [6.07, 6.45) is 3.60. The standard InChI is InChI=1S/C25H38N4O3/c1-19-6-3-4-7-21(19)17-28(14-15-32-2)22-16-23(29(18-22)24(30)20-8-9-20)25(31)27-12-5-10-26-11-13-27/h3-4,6-7,20,22-23,26H,5,8-18H2,1-2H3. The second-order valence-electron chi connectivity index (χ2n) is 9.49. The molecule has 2 amide bonds. The van der Waals surface area contributed by atoms with Crippen molar-refractivity contribution < 1.29 is 14.3 Å². The van der Waals surface area contributed by atoms with Crippen LogP contribution in [-0.4, -0.2) is 91.6 Å². The average Bonchev–Trinajstić information content (AvgIpc) is 3.60. The largest absolute Gasteiger partial charge is 0.383 e. The number of carbonyl (C=O) groups excluding carboxylic acids is 2. The number of carbonyl (C=O) groups is 2. The van der Waals surface area contributed by atoms with Gasteiger partial charge in [-0.1, -0.05) is 24.3 Å². The fourth-order valence-electron chi connectivity index (χ4n) is 5.00. The maximum Gasteiger partial charge on any atom is 0.245 e. The monoisotopic (exact) mass is 442 g/mol. The maximum atomic E-state index is 13.6. The van der Waals surface area contributed by atoms with E-state index in [4.69, 9.17) is 4.74 Å². The molecule has 4 rings (SSSR count). The Hall–Kier alpha value is -1.96. The molecule has 2 atom stereocenters. The Balaban J connectivity index is 1.53. The SMILES string of the molecule is COCCN(Cc1ccccc1C)C1CC(C(=O)N2CCCNCC2)N(C(=O)C2CC2)C1. The van der Waals surface area contributed by atoms with Crippen LogP contribution in [0.25, 0.3) is 0 Å². The lowest BCUT2D eigenvalue weighted by Gasteiger charge is -2.29. The van der Waals surface area contributed by atoms with E-state index in [0.717, 1.165) is 58.5 Å². The van der Waals surface area contributed by atoms with Gasteiger partial charge in [-0.2, -0.15) is 0 Å². The Morgan fingerprint density at radius 2 is 1.97 bits per heavy atom. The summed E-state index contributed by atoms with van der Waals surface area (Å²) in [4.78, 5) is 33.0. The van der Waals surface area contributed by atoms with Crippen molar-refractivity contribution >= 4 is 11.8 Å². The van der Waals surface area contributed by atoms with Crippen LogP contribution < -0.4 is 5.32 Å². The highest BCUT2D eigenvalue weighted by molar-refractivity contribution is 5.90.